The molecule has 0 fully saturated rings. The predicted octanol–water partition coefficient (Wildman–Crippen LogP) is 5.51. The summed E-state index contributed by atoms with van der Waals surface area (Å²) in [4.78, 5) is 0. The SMILES string of the molecule is COc1cc(CNCCNCc2cc(OC)cc3c(C)cccc23)c2cccc(C)c2c1. The van der Waals surface area contributed by atoms with Gasteiger partial charge in [0.05, 0.1) is 14.2 Å². The van der Waals surface area contributed by atoms with Gasteiger partial charge in [0.15, 0.2) is 0 Å². The van der Waals surface area contributed by atoms with Gasteiger partial charge >= 0.3 is 0 Å². The predicted molar refractivity (Wildman–Crippen MR) is 134 cm³/mol. The van der Waals surface area contributed by atoms with Crippen molar-refractivity contribution in [3.05, 3.63) is 82.9 Å². The molecule has 4 heteroatoms. The Morgan fingerprint density at radius 1 is 0.594 bits per heavy atom. The van der Waals surface area contributed by atoms with Gasteiger partial charge in [-0.15, -0.1) is 0 Å². The number of hydrogen-bond donors (Lipinski definition) is 2. The van der Waals surface area contributed by atoms with Gasteiger partial charge in [0, 0.05) is 26.2 Å². The lowest BCUT2D eigenvalue weighted by Crippen LogP contribution is -2.27. The van der Waals surface area contributed by atoms with Crippen LogP contribution in [0.25, 0.3) is 21.5 Å². The molecular formula is C28H32N2O2. The van der Waals surface area contributed by atoms with Crippen molar-refractivity contribution in [3.63, 3.8) is 0 Å². The Kier molecular flexibility index (Phi) is 6.93. The maximum Gasteiger partial charge on any atom is 0.119 e. The van der Waals surface area contributed by atoms with Crippen molar-refractivity contribution >= 4 is 21.5 Å². The van der Waals surface area contributed by atoms with Crippen LogP contribution in [-0.2, 0) is 13.1 Å². The van der Waals surface area contributed by atoms with Crippen molar-refractivity contribution in [2.24, 2.45) is 0 Å². The molecule has 2 N–H and O–H groups in total. The van der Waals surface area contributed by atoms with Gasteiger partial charge in [0.25, 0.3) is 0 Å². The van der Waals surface area contributed by atoms with E-state index in [9.17, 15) is 0 Å². The van der Waals surface area contributed by atoms with E-state index >= 15 is 0 Å². The number of nitrogens with one attached hydrogen (secondary N) is 2. The van der Waals surface area contributed by atoms with E-state index in [1.54, 1.807) is 14.2 Å². The van der Waals surface area contributed by atoms with E-state index < -0.39 is 0 Å². The van der Waals surface area contributed by atoms with Crippen molar-refractivity contribution in [1.82, 2.24) is 10.6 Å². The van der Waals surface area contributed by atoms with Crippen LogP contribution in [0.4, 0.5) is 0 Å². The smallest absolute Gasteiger partial charge is 0.119 e. The van der Waals surface area contributed by atoms with E-state index in [1.807, 2.05) is 0 Å². The maximum absolute atomic E-state index is 5.52. The Labute approximate surface area is 190 Å². The van der Waals surface area contributed by atoms with Crippen molar-refractivity contribution in [2.75, 3.05) is 27.3 Å². The maximum atomic E-state index is 5.52. The first-order valence-corrected chi connectivity index (χ1v) is 11.1. The van der Waals surface area contributed by atoms with Gasteiger partial charge in [0.2, 0.25) is 0 Å². The molecule has 0 atom stereocenters. The molecule has 4 rings (SSSR count). The van der Waals surface area contributed by atoms with Crippen LogP contribution in [0.2, 0.25) is 0 Å². The Hall–Kier alpha value is -3.08. The highest BCUT2D eigenvalue weighted by Crippen LogP contribution is 2.29. The first kappa shape index (κ1) is 22.1. The van der Waals surface area contributed by atoms with Gasteiger partial charge in [-0.25, -0.2) is 0 Å². The summed E-state index contributed by atoms with van der Waals surface area (Å²) in [7, 11) is 3.45. The zero-order valence-corrected chi connectivity index (χ0v) is 19.4. The molecule has 0 aliphatic carbocycles. The van der Waals surface area contributed by atoms with E-state index in [4.69, 9.17) is 9.47 Å². The number of ether oxygens (including phenoxy) is 2. The summed E-state index contributed by atoms with van der Waals surface area (Å²) in [6.45, 7) is 7.66. The molecule has 0 spiro atoms. The molecule has 0 radical (unpaired) electrons. The Morgan fingerprint density at radius 2 is 1.03 bits per heavy atom. The minimum absolute atomic E-state index is 0.806. The van der Waals surface area contributed by atoms with E-state index in [0.29, 0.717) is 0 Å². The highest BCUT2D eigenvalue weighted by atomic mass is 16.5. The fourth-order valence-electron chi connectivity index (χ4n) is 4.32. The highest BCUT2D eigenvalue weighted by molar-refractivity contribution is 5.90. The molecule has 32 heavy (non-hydrogen) atoms. The monoisotopic (exact) mass is 428 g/mol. The first-order chi connectivity index (χ1) is 15.6. The number of methoxy groups -OCH3 is 2. The summed E-state index contributed by atoms with van der Waals surface area (Å²) < 4.78 is 11.0. The standard InChI is InChI=1S/C28H32N2O2/c1-19-7-5-9-25-21(13-23(31-3)15-27(19)25)17-29-11-12-30-18-22-14-24(32-4)16-28-20(2)8-6-10-26(22)28/h5-10,13-16,29-30H,11-12,17-18H2,1-4H3. The lowest BCUT2D eigenvalue weighted by Gasteiger charge is -2.14. The number of fused-ring (bicyclic) bond motifs is 2. The van der Waals surface area contributed by atoms with Gasteiger partial charge in [-0.2, -0.15) is 0 Å². The normalized spacial score (nSPS) is 11.2. The van der Waals surface area contributed by atoms with Crippen molar-refractivity contribution in [2.45, 2.75) is 26.9 Å². The largest absolute Gasteiger partial charge is 0.497 e. The highest BCUT2D eigenvalue weighted by Gasteiger charge is 2.08. The van der Waals surface area contributed by atoms with Crippen LogP contribution in [0, 0.1) is 13.8 Å². The zero-order chi connectivity index (χ0) is 22.5. The van der Waals surface area contributed by atoms with E-state index in [2.05, 4.69) is 85.1 Å². The average Bonchev–Trinajstić information content (AvgIpc) is 2.81. The van der Waals surface area contributed by atoms with Crippen LogP contribution >= 0.6 is 0 Å². The summed E-state index contributed by atoms with van der Waals surface area (Å²) in [5, 5.41) is 12.2. The van der Waals surface area contributed by atoms with E-state index in [0.717, 1.165) is 37.7 Å². The van der Waals surface area contributed by atoms with Crippen LogP contribution in [0.1, 0.15) is 22.3 Å². The number of benzene rings is 4. The fraction of sp³-hybridized carbons (Fsp3) is 0.286. The van der Waals surface area contributed by atoms with Crippen molar-refractivity contribution < 1.29 is 9.47 Å². The molecule has 0 heterocycles. The van der Waals surface area contributed by atoms with Gasteiger partial charge in [0.1, 0.15) is 11.5 Å². The Morgan fingerprint density at radius 3 is 1.44 bits per heavy atom. The number of hydrogen-bond acceptors (Lipinski definition) is 4. The van der Waals surface area contributed by atoms with Gasteiger partial charge < -0.3 is 20.1 Å². The zero-order valence-electron chi connectivity index (χ0n) is 19.4. The number of aryl methyl sites for hydroxylation is 2. The molecule has 4 nitrogen and oxygen atoms in total. The minimum Gasteiger partial charge on any atom is -0.497 e. The molecule has 0 unspecified atom stereocenters. The second-order valence-electron chi connectivity index (χ2n) is 8.27. The molecule has 0 saturated heterocycles. The summed E-state index contributed by atoms with van der Waals surface area (Å²) in [6, 6.07) is 21.4. The van der Waals surface area contributed by atoms with E-state index in [-0.39, 0.29) is 0 Å². The third-order valence-corrected chi connectivity index (χ3v) is 6.13. The van der Waals surface area contributed by atoms with Crippen LogP contribution in [0.5, 0.6) is 11.5 Å². The number of rotatable bonds is 9. The second kappa shape index (κ2) is 10.0. The lowest BCUT2D eigenvalue weighted by molar-refractivity contribution is 0.414. The van der Waals surface area contributed by atoms with Crippen LogP contribution in [0.15, 0.2) is 60.7 Å². The molecule has 0 aliphatic rings. The summed E-state index contributed by atoms with van der Waals surface area (Å²) in [5.41, 5.74) is 5.06. The topological polar surface area (TPSA) is 42.5 Å². The third kappa shape index (κ3) is 4.72. The van der Waals surface area contributed by atoms with Gasteiger partial charge in [-0.1, -0.05) is 36.4 Å². The second-order valence-corrected chi connectivity index (χ2v) is 8.27. The van der Waals surface area contributed by atoms with Gasteiger partial charge in [-0.3, -0.25) is 0 Å². The summed E-state index contributed by atoms with van der Waals surface area (Å²) in [6.07, 6.45) is 0. The van der Waals surface area contributed by atoms with Crippen molar-refractivity contribution in [3.8, 4) is 11.5 Å². The van der Waals surface area contributed by atoms with Crippen LogP contribution < -0.4 is 20.1 Å². The molecular weight excluding hydrogens is 396 g/mol. The van der Waals surface area contributed by atoms with Crippen LogP contribution in [0.3, 0.4) is 0 Å². The average molecular weight is 429 g/mol. The fourth-order valence-corrected chi connectivity index (χ4v) is 4.32. The summed E-state index contributed by atoms with van der Waals surface area (Å²) in [5.74, 6) is 1.81. The van der Waals surface area contributed by atoms with Crippen molar-refractivity contribution in [1.29, 1.82) is 0 Å². The first-order valence-electron chi connectivity index (χ1n) is 11.1. The molecule has 0 saturated carbocycles. The van der Waals surface area contributed by atoms with Gasteiger partial charge in [-0.05, 0) is 81.9 Å². The van der Waals surface area contributed by atoms with Crippen LogP contribution in [-0.4, -0.2) is 27.3 Å². The molecule has 166 valence electrons. The third-order valence-electron chi connectivity index (χ3n) is 6.13. The Balaban J connectivity index is 1.37. The molecule has 4 aromatic rings. The molecule has 0 bridgehead atoms. The Bertz CT molecular complexity index is 1140. The quantitative estimate of drug-likeness (QED) is 0.345. The molecule has 4 aromatic carbocycles. The molecule has 0 aromatic heterocycles. The minimum atomic E-state index is 0.806. The summed E-state index contributed by atoms with van der Waals surface area (Å²) >= 11 is 0. The molecule has 0 aliphatic heterocycles. The van der Waals surface area contributed by atoms with E-state index in [1.165, 1.54) is 43.8 Å². The lowest BCUT2D eigenvalue weighted by atomic mass is 10.00. The molecule has 0 amide bonds.